The molecular weight excluding hydrogens is 648 g/mol. The van der Waals surface area contributed by atoms with Gasteiger partial charge in [0.05, 0.1) is 19.1 Å². The number of carbonyl (C=O) groups excluding carboxylic acids is 5. The van der Waals surface area contributed by atoms with Crippen molar-refractivity contribution in [3.05, 3.63) is 71.8 Å². The molecule has 51 heavy (non-hydrogen) atoms. The third-order valence-corrected chi connectivity index (χ3v) is 9.32. The first-order valence-electron chi connectivity index (χ1n) is 18.3. The maximum atomic E-state index is 14.1. The Bertz CT molecular complexity index is 1380. The van der Waals surface area contributed by atoms with Crippen molar-refractivity contribution in [2.75, 3.05) is 52.9 Å². The number of amides is 4. The van der Waals surface area contributed by atoms with Gasteiger partial charge < -0.3 is 36.2 Å². The van der Waals surface area contributed by atoms with Crippen LogP contribution < -0.4 is 16.8 Å². The van der Waals surface area contributed by atoms with Crippen LogP contribution in [0.5, 0.6) is 0 Å². The molecule has 1 aliphatic rings. The molecule has 1 fully saturated rings. The molecule has 2 aromatic carbocycles. The average molecular weight is 707 g/mol. The molecule has 0 bridgehead atoms. The zero-order valence-electron chi connectivity index (χ0n) is 30.6. The van der Waals surface area contributed by atoms with Crippen molar-refractivity contribution in [2.45, 2.75) is 71.4 Å². The third kappa shape index (κ3) is 13.7. The van der Waals surface area contributed by atoms with Crippen LogP contribution in [0.4, 0.5) is 4.79 Å². The van der Waals surface area contributed by atoms with E-state index < -0.39 is 24.0 Å². The maximum Gasteiger partial charge on any atom is 0.409 e. The van der Waals surface area contributed by atoms with Crippen LogP contribution in [0.15, 0.2) is 60.7 Å². The Morgan fingerprint density at radius 3 is 1.98 bits per heavy atom. The predicted octanol–water partition coefficient (Wildman–Crippen LogP) is 3.37. The van der Waals surface area contributed by atoms with Gasteiger partial charge in [-0.15, -0.1) is 0 Å². The summed E-state index contributed by atoms with van der Waals surface area (Å²) in [5.74, 6) is -2.14. The lowest BCUT2D eigenvalue weighted by atomic mass is 9.88. The van der Waals surface area contributed by atoms with Crippen LogP contribution in [0.1, 0.15) is 63.5 Å². The zero-order chi connectivity index (χ0) is 37.2. The van der Waals surface area contributed by atoms with Crippen molar-refractivity contribution < 1.29 is 28.7 Å². The minimum absolute atomic E-state index is 0.0259. The second-order valence-electron chi connectivity index (χ2n) is 13.8. The van der Waals surface area contributed by atoms with Gasteiger partial charge in [-0.25, -0.2) is 4.79 Å². The van der Waals surface area contributed by atoms with Crippen LogP contribution in [-0.2, 0) is 36.9 Å². The number of Topliss-reactive ketones (excluding diaryl/α,β-unsaturated/α-hetero) is 1. The average Bonchev–Trinajstić information content (AvgIpc) is 3.13. The van der Waals surface area contributed by atoms with Crippen LogP contribution in [-0.4, -0.2) is 103 Å². The molecule has 0 spiro atoms. The van der Waals surface area contributed by atoms with Crippen LogP contribution in [0, 0.1) is 17.8 Å². The molecule has 12 nitrogen and oxygen atoms in total. The molecule has 3 atom stereocenters. The van der Waals surface area contributed by atoms with E-state index in [1.807, 2.05) is 74.5 Å². The predicted molar refractivity (Wildman–Crippen MR) is 197 cm³/mol. The second kappa shape index (κ2) is 21.8. The van der Waals surface area contributed by atoms with Crippen LogP contribution in [0.2, 0.25) is 0 Å². The van der Waals surface area contributed by atoms with Crippen molar-refractivity contribution in [1.29, 1.82) is 0 Å². The standard InChI is InChI=1S/C39H58N6O6/c1-29(2)24-34(35(46)26-32(16-10-11-17-40)38(49)43-20-22-44(23-21-43)39(50)51-3)42-37(48)33(25-30-12-6-4-7-13-30)27-36(47)45(19-18-41)28-31-14-8-5-9-15-31/h4-9,12-15,29,32-34H,10-11,16-28,40-41H2,1-3H3,(H,42,48)/t32-,33-,34+/m0/s1. The Morgan fingerprint density at radius 2 is 1.41 bits per heavy atom. The number of piperazine rings is 1. The van der Waals surface area contributed by atoms with Crippen LogP contribution in [0.25, 0.3) is 0 Å². The highest BCUT2D eigenvalue weighted by Gasteiger charge is 2.34. The molecule has 0 aromatic heterocycles. The highest BCUT2D eigenvalue weighted by Crippen LogP contribution is 2.22. The highest BCUT2D eigenvalue weighted by atomic mass is 16.5. The van der Waals surface area contributed by atoms with Gasteiger partial charge in [0.15, 0.2) is 5.78 Å². The number of carbonyl (C=O) groups is 5. The van der Waals surface area contributed by atoms with Crippen LogP contribution >= 0.6 is 0 Å². The Balaban J connectivity index is 1.79. The molecule has 3 rings (SSSR count). The van der Waals surface area contributed by atoms with E-state index in [-0.39, 0.29) is 48.8 Å². The molecule has 0 aliphatic carbocycles. The van der Waals surface area contributed by atoms with Crippen molar-refractivity contribution >= 4 is 29.6 Å². The molecule has 12 heteroatoms. The molecule has 1 saturated heterocycles. The minimum Gasteiger partial charge on any atom is -0.453 e. The minimum atomic E-state index is -0.823. The molecule has 1 aliphatic heterocycles. The normalized spacial score (nSPS) is 14.8. The molecule has 0 saturated carbocycles. The van der Waals surface area contributed by atoms with E-state index in [9.17, 15) is 24.0 Å². The monoisotopic (exact) mass is 706 g/mol. The number of nitrogens with two attached hydrogens (primary N) is 2. The van der Waals surface area contributed by atoms with Crippen molar-refractivity contribution in [3.8, 4) is 0 Å². The number of nitrogens with zero attached hydrogens (tertiary/aromatic N) is 3. The molecular formula is C39H58N6O6. The van der Waals surface area contributed by atoms with Gasteiger partial charge in [0.1, 0.15) is 0 Å². The number of hydrogen-bond donors (Lipinski definition) is 3. The first-order valence-corrected chi connectivity index (χ1v) is 18.3. The van der Waals surface area contributed by atoms with E-state index in [4.69, 9.17) is 16.2 Å². The van der Waals surface area contributed by atoms with Gasteiger partial charge in [-0.3, -0.25) is 19.2 Å². The summed E-state index contributed by atoms with van der Waals surface area (Å²) in [6.07, 6.45) is 2.11. The Hall–Kier alpha value is -4.29. The first-order chi connectivity index (χ1) is 24.6. The summed E-state index contributed by atoms with van der Waals surface area (Å²) in [5, 5.41) is 3.02. The van der Waals surface area contributed by atoms with Crippen molar-refractivity contribution in [2.24, 2.45) is 29.2 Å². The van der Waals surface area contributed by atoms with Gasteiger partial charge >= 0.3 is 6.09 Å². The fraction of sp³-hybridized carbons (Fsp3) is 0.564. The van der Waals surface area contributed by atoms with Crippen molar-refractivity contribution in [3.63, 3.8) is 0 Å². The molecule has 5 N–H and O–H groups in total. The molecule has 4 amide bonds. The molecule has 280 valence electrons. The lowest BCUT2D eigenvalue weighted by Crippen LogP contribution is -2.52. The smallest absolute Gasteiger partial charge is 0.409 e. The summed E-state index contributed by atoms with van der Waals surface area (Å²) >= 11 is 0. The Kier molecular flexibility index (Phi) is 17.6. The zero-order valence-corrected chi connectivity index (χ0v) is 30.6. The van der Waals surface area contributed by atoms with E-state index in [2.05, 4.69) is 5.32 Å². The van der Waals surface area contributed by atoms with E-state index in [1.165, 1.54) is 7.11 Å². The van der Waals surface area contributed by atoms with Gasteiger partial charge in [-0.2, -0.15) is 0 Å². The number of benzene rings is 2. The van der Waals surface area contributed by atoms with E-state index in [0.29, 0.717) is 71.5 Å². The van der Waals surface area contributed by atoms with Gasteiger partial charge in [-0.05, 0) is 49.3 Å². The molecule has 0 unspecified atom stereocenters. The SMILES string of the molecule is COC(=O)N1CCN(C(=O)[C@@H](CCCCN)CC(=O)[C@@H](CC(C)C)NC(=O)[C@H](CC(=O)N(CCN)Cc2ccccc2)Cc2ccccc2)CC1. The van der Waals surface area contributed by atoms with E-state index in [1.54, 1.807) is 14.7 Å². The van der Waals surface area contributed by atoms with E-state index >= 15 is 0 Å². The second-order valence-corrected chi connectivity index (χ2v) is 13.8. The van der Waals surface area contributed by atoms with Crippen molar-refractivity contribution in [1.82, 2.24) is 20.0 Å². The summed E-state index contributed by atoms with van der Waals surface area (Å²) in [7, 11) is 1.33. The molecule has 1 heterocycles. The first kappa shape index (κ1) is 41.1. The fourth-order valence-electron chi connectivity index (χ4n) is 6.51. The number of unbranched alkanes of at least 4 members (excludes halogenated alkanes) is 1. The number of nitrogens with one attached hydrogen (secondary N) is 1. The number of ether oxygens (including phenoxy) is 1. The van der Waals surface area contributed by atoms with Crippen LogP contribution in [0.3, 0.4) is 0 Å². The summed E-state index contributed by atoms with van der Waals surface area (Å²) < 4.78 is 4.82. The highest BCUT2D eigenvalue weighted by molar-refractivity contribution is 5.94. The molecule has 0 radical (unpaired) electrons. The quantitative estimate of drug-likeness (QED) is 0.176. The maximum absolute atomic E-state index is 14.1. The number of methoxy groups -OCH3 is 1. The fourth-order valence-corrected chi connectivity index (χ4v) is 6.51. The number of rotatable bonds is 20. The number of hydrogen-bond acceptors (Lipinski definition) is 8. The van der Waals surface area contributed by atoms with Gasteiger partial charge in [0.2, 0.25) is 17.7 Å². The Labute approximate surface area is 303 Å². The number of ketones is 1. The largest absolute Gasteiger partial charge is 0.453 e. The topological polar surface area (TPSA) is 168 Å². The lowest BCUT2D eigenvalue weighted by Gasteiger charge is -2.36. The molecule has 2 aromatic rings. The van der Waals surface area contributed by atoms with Gasteiger partial charge in [-0.1, -0.05) is 80.9 Å². The summed E-state index contributed by atoms with van der Waals surface area (Å²) in [5.41, 5.74) is 13.5. The van der Waals surface area contributed by atoms with E-state index in [0.717, 1.165) is 17.5 Å². The third-order valence-electron chi connectivity index (χ3n) is 9.32. The summed E-state index contributed by atoms with van der Waals surface area (Å²) in [6.45, 7) is 6.85. The van der Waals surface area contributed by atoms with Gasteiger partial charge in [0.25, 0.3) is 0 Å². The summed E-state index contributed by atoms with van der Waals surface area (Å²) in [6, 6.07) is 18.3. The van der Waals surface area contributed by atoms with Gasteiger partial charge in [0, 0.05) is 64.6 Å². The Morgan fingerprint density at radius 1 is 0.804 bits per heavy atom. The summed E-state index contributed by atoms with van der Waals surface area (Å²) in [4.78, 5) is 72.6. The lowest BCUT2D eigenvalue weighted by molar-refractivity contribution is -0.141.